The average molecular weight is 383 g/mol. The fourth-order valence-electron chi connectivity index (χ4n) is 5.49. The van der Waals surface area contributed by atoms with Gasteiger partial charge in [-0.05, 0) is 108 Å². The number of benzene rings is 3. The molecular formula is C27H26O2. The molecule has 0 unspecified atom stereocenters. The van der Waals surface area contributed by atoms with Crippen LogP contribution in [0.5, 0.6) is 0 Å². The van der Waals surface area contributed by atoms with E-state index < -0.39 is 11.4 Å². The van der Waals surface area contributed by atoms with Crippen molar-refractivity contribution >= 4 is 5.97 Å². The van der Waals surface area contributed by atoms with E-state index in [-0.39, 0.29) is 5.92 Å². The monoisotopic (exact) mass is 382 g/mol. The van der Waals surface area contributed by atoms with Crippen LogP contribution in [0.2, 0.25) is 0 Å². The van der Waals surface area contributed by atoms with Gasteiger partial charge in [0, 0.05) is 5.92 Å². The third-order valence-electron chi connectivity index (χ3n) is 7.46. The Balaban J connectivity index is 2.04. The van der Waals surface area contributed by atoms with Crippen molar-refractivity contribution in [3.63, 3.8) is 0 Å². The summed E-state index contributed by atoms with van der Waals surface area (Å²) in [5, 5.41) is 10.8. The third-order valence-corrected chi connectivity index (χ3v) is 7.46. The molecule has 1 N–H and O–H groups in total. The van der Waals surface area contributed by atoms with Crippen molar-refractivity contribution in [2.75, 3.05) is 0 Å². The van der Waals surface area contributed by atoms with E-state index in [0.717, 1.165) is 50.1 Å². The van der Waals surface area contributed by atoms with E-state index in [0.29, 0.717) is 0 Å². The molecule has 0 radical (unpaired) electrons. The Morgan fingerprint density at radius 2 is 0.897 bits per heavy atom. The van der Waals surface area contributed by atoms with E-state index in [2.05, 4.69) is 77.9 Å². The van der Waals surface area contributed by atoms with E-state index in [1.807, 2.05) is 0 Å². The van der Waals surface area contributed by atoms with Gasteiger partial charge in [-0.3, -0.25) is 4.79 Å². The molecule has 3 aliphatic rings. The topological polar surface area (TPSA) is 37.3 Å². The van der Waals surface area contributed by atoms with E-state index in [1.165, 1.54) is 16.7 Å². The van der Waals surface area contributed by atoms with Crippen LogP contribution in [0.15, 0.2) is 36.4 Å². The zero-order valence-electron chi connectivity index (χ0n) is 17.9. The minimum Gasteiger partial charge on any atom is -0.480 e. The van der Waals surface area contributed by atoms with Gasteiger partial charge in [0.15, 0.2) is 0 Å². The maximum Gasteiger partial charge on any atom is 0.323 e. The Morgan fingerprint density at radius 1 is 0.621 bits per heavy atom. The Labute approximate surface area is 172 Å². The van der Waals surface area contributed by atoms with Crippen molar-refractivity contribution in [2.24, 2.45) is 0 Å². The maximum atomic E-state index is 13.2. The standard InChI is InChI=1S/C27H26O2/c1-13-7-19-22(10-16(13)4)27(26(28)29)23-11-17(5)14(2)8-20(23)25(19)21-9-15(3)18(6)12-24(21)27/h7-12,25H,1-6H3,(H,28,29). The smallest absolute Gasteiger partial charge is 0.323 e. The minimum atomic E-state index is -1.15. The number of carboxylic acids is 1. The number of hydrogen-bond acceptors (Lipinski definition) is 1. The molecule has 3 aromatic rings. The Morgan fingerprint density at radius 3 is 1.17 bits per heavy atom. The fraction of sp³-hybridized carbons (Fsp3) is 0.296. The van der Waals surface area contributed by atoms with Crippen molar-refractivity contribution in [3.05, 3.63) is 103 Å². The van der Waals surface area contributed by atoms with E-state index in [1.54, 1.807) is 0 Å². The third kappa shape index (κ3) is 2.04. The maximum absolute atomic E-state index is 13.2. The Bertz CT molecular complexity index is 1100. The van der Waals surface area contributed by atoms with Gasteiger partial charge in [0.05, 0.1) is 0 Å². The van der Waals surface area contributed by atoms with Crippen LogP contribution < -0.4 is 0 Å². The number of carboxylic acid groups (broad SMARTS) is 1. The van der Waals surface area contributed by atoms with Crippen molar-refractivity contribution in [2.45, 2.75) is 52.9 Å². The van der Waals surface area contributed by atoms with Gasteiger partial charge in [-0.2, -0.15) is 0 Å². The zero-order chi connectivity index (χ0) is 20.8. The molecule has 2 nitrogen and oxygen atoms in total. The predicted molar refractivity (Wildman–Crippen MR) is 116 cm³/mol. The van der Waals surface area contributed by atoms with Crippen LogP contribution >= 0.6 is 0 Å². The molecule has 2 heteroatoms. The van der Waals surface area contributed by atoms with Gasteiger partial charge in [-0.15, -0.1) is 0 Å². The van der Waals surface area contributed by atoms with E-state index >= 15 is 0 Å². The van der Waals surface area contributed by atoms with Gasteiger partial charge < -0.3 is 5.11 Å². The summed E-state index contributed by atoms with van der Waals surface area (Å²) < 4.78 is 0. The van der Waals surface area contributed by atoms with Crippen LogP contribution in [-0.2, 0) is 10.2 Å². The van der Waals surface area contributed by atoms with Gasteiger partial charge in [0.25, 0.3) is 0 Å². The summed E-state index contributed by atoms with van der Waals surface area (Å²) in [6, 6.07) is 13.1. The summed E-state index contributed by atoms with van der Waals surface area (Å²) in [7, 11) is 0. The highest BCUT2D eigenvalue weighted by Gasteiger charge is 2.57. The molecule has 6 rings (SSSR count). The second-order valence-corrected chi connectivity index (χ2v) is 9.06. The molecule has 0 saturated carbocycles. The van der Waals surface area contributed by atoms with Gasteiger partial charge in [-0.1, -0.05) is 36.4 Å². The summed E-state index contributed by atoms with van der Waals surface area (Å²) in [6.07, 6.45) is 0. The fourth-order valence-corrected chi connectivity index (χ4v) is 5.49. The second-order valence-electron chi connectivity index (χ2n) is 9.06. The van der Waals surface area contributed by atoms with Crippen molar-refractivity contribution in [1.82, 2.24) is 0 Å². The molecule has 0 aromatic heterocycles. The average Bonchev–Trinajstić information content (AvgIpc) is 2.64. The molecule has 29 heavy (non-hydrogen) atoms. The van der Waals surface area contributed by atoms with Crippen molar-refractivity contribution in [3.8, 4) is 0 Å². The number of hydrogen-bond donors (Lipinski definition) is 1. The largest absolute Gasteiger partial charge is 0.480 e. The summed E-state index contributed by atoms with van der Waals surface area (Å²) in [6.45, 7) is 12.6. The molecule has 0 atom stereocenters. The quantitative estimate of drug-likeness (QED) is 0.581. The lowest BCUT2D eigenvalue weighted by Gasteiger charge is -2.49. The van der Waals surface area contributed by atoms with Gasteiger partial charge in [0.2, 0.25) is 0 Å². The SMILES string of the molecule is Cc1cc2c(cc1C)C1(C(=O)O)c3cc(C)c(C)cc3C2c2cc(C)c(C)cc21. The van der Waals surface area contributed by atoms with Gasteiger partial charge in [0.1, 0.15) is 5.41 Å². The van der Waals surface area contributed by atoms with Gasteiger partial charge >= 0.3 is 5.97 Å². The molecule has 0 amide bonds. The zero-order valence-corrected chi connectivity index (χ0v) is 17.9. The summed E-state index contributed by atoms with van der Waals surface area (Å²) >= 11 is 0. The highest BCUT2D eigenvalue weighted by molar-refractivity contribution is 5.96. The molecular weight excluding hydrogens is 356 g/mol. The first-order valence-electron chi connectivity index (χ1n) is 10.3. The highest BCUT2D eigenvalue weighted by Crippen LogP contribution is 2.60. The highest BCUT2D eigenvalue weighted by atomic mass is 16.4. The first kappa shape index (κ1) is 18.2. The van der Waals surface area contributed by atoms with Crippen LogP contribution in [0.4, 0.5) is 0 Å². The molecule has 0 heterocycles. The number of aliphatic carboxylic acids is 1. The molecule has 0 fully saturated rings. The van der Waals surface area contributed by atoms with Crippen molar-refractivity contribution in [1.29, 1.82) is 0 Å². The molecule has 146 valence electrons. The van der Waals surface area contributed by atoms with Crippen LogP contribution in [0.1, 0.15) is 72.7 Å². The summed E-state index contributed by atoms with van der Waals surface area (Å²) in [4.78, 5) is 13.2. The van der Waals surface area contributed by atoms with Crippen molar-refractivity contribution < 1.29 is 9.90 Å². The normalized spacial score (nSPS) is 20.8. The van der Waals surface area contributed by atoms with E-state index in [4.69, 9.17) is 0 Å². The first-order valence-corrected chi connectivity index (χ1v) is 10.3. The van der Waals surface area contributed by atoms with Crippen LogP contribution in [0.25, 0.3) is 0 Å². The molecule has 0 spiro atoms. The van der Waals surface area contributed by atoms with Crippen LogP contribution in [0, 0.1) is 41.5 Å². The Hall–Kier alpha value is -2.87. The summed E-state index contributed by atoms with van der Waals surface area (Å²) in [5.74, 6) is -0.691. The lowest BCUT2D eigenvalue weighted by atomic mass is 9.52. The van der Waals surface area contributed by atoms with Crippen LogP contribution in [0.3, 0.4) is 0 Å². The molecule has 3 aliphatic carbocycles. The first-order chi connectivity index (χ1) is 13.7. The minimum absolute atomic E-state index is 0.0918. The molecule has 0 saturated heterocycles. The summed E-state index contributed by atoms with van der Waals surface area (Å²) in [5.41, 5.74) is 12.2. The molecule has 2 bridgehead atoms. The lowest BCUT2D eigenvalue weighted by molar-refractivity contribution is -0.141. The lowest BCUT2D eigenvalue weighted by Crippen LogP contribution is -2.48. The van der Waals surface area contributed by atoms with Gasteiger partial charge in [-0.25, -0.2) is 0 Å². The molecule has 3 aromatic carbocycles. The van der Waals surface area contributed by atoms with E-state index in [9.17, 15) is 9.90 Å². The predicted octanol–water partition coefficient (Wildman–Crippen LogP) is 5.76. The Kier molecular flexibility index (Phi) is 3.51. The number of rotatable bonds is 1. The second kappa shape index (κ2) is 5.60. The number of aryl methyl sites for hydroxylation is 6. The van der Waals surface area contributed by atoms with Crippen LogP contribution in [-0.4, -0.2) is 11.1 Å². The number of carbonyl (C=O) groups is 1. The molecule has 0 aliphatic heterocycles.